The first-order valence-corrected chi connectivity index (χ1v) is 5.57. The highest BCUT2D eigenvalue weighted by Gasteiger charge is 2.11. The zero-order valence-corrected chi connectivity index (χ0v) is 9.90. The Bertz CT molecular complexity index is 496. The molecule has 0 saturated carbocycles. The summed E-state index contributed by atoms with van der Waals surface area (Å²) in [5.41, 5.74) is 1.22. The van der Waals surface area contributed by atoms with Gasteiger partial charge in [0.15, 0.2) is 0 Å². The van der Waals surface area contributed by atoms with Crippen LogP contribution >= 0.6 is 0 Å². The van der Waals surface area contributed by atoms with Crippen molar-refractivity contribution in [2.75, 3.05) is 7.05 Å². The molecule has 0 amide bonds. The predicted molar refractivity (Wildman–Crippen MR) is 64.1 cm³/mol. The number of likely N-dealkylation sites (N-methyl/N-ethyl adjacent to an activating group) is 1. The van der Waals surface area contributed by atoms with E-state index in [1.54, 1.807) is 24.5 Å². The number of oxazole rings is 1. The number of hydrogen-bond acceptors (Lipinski definition) is 3. The van der Waals surface area contributed by atoms with Gasteiger partial charge in [-0.1, -0.05) is 12.1 Å². The maximum Gasteiger partial charge on any atom is 0.229 e. The molecule has 0 saturated heterocycles. The van der Waals surface area contributed by atoms with E-state index in [0.717, 1.165) is 12.1 Å². The molecule has 2 rings (SSSR count). The summed E-state index contributed by atoms with van der Waals surface area (Å²) in [4.78, 5) is 4.28. The number of halogens is 1. The second kappa shape index (κ2) is 5.10. The first-order chi connectivity index (χ1) is 8.20. The molecule has 0 aliphatic carbocycles. The Morgan fingerprint density at radius 1 is 1.41 bits per heavy atom. The Morgan fingerprint density at radius 3 is 2.88 bits per heavy atom. The Morgan fingerprint density at radius 2 is 2.18 bits per heavy atom. The summed E-state index contributed by atoms with van der Waals surface area (Å²) < 4.78 is 18.8. The lowest BCUT2D eigenvalue weighted by molar-refractivity contribution is 0.556. The van der Waals surface area contributed by atoms with Crippen LogP contribution in [0.5, 0.6) is 0 Å². The molecule has 0 radical (unpaired) electrons. The van der Waals surface area contributed by atoms with E-state index in [1.165, 1.54) is 6.07 Å². The van der Waals surface area contributed by atoms with E-state index in [1.807, 2.05) is 7.05 Å². The molecule has 3 nitrogen and oxygen atoms in total. The number of nitrogens with zero attached hydrogens (tertiary/aromatic N) is 1. The zero-order chi connectivity index (χ0) is 12.3. The monoisotopic (exact) mass is 234 g/mol. The van der Waals surface area contributed by atoms with Crippen LogP contribution in [-0.2, 0) is 6.42 Å². The summed E-state index contributed by atoms with van der Waals surface area (Å²) in [6, 6.07) is 6.78. The molecule has 0 fully saturated rings. The molecule has 0 bridgehead atoms. The molecule has 0 aliphatic rings. The van der Waals surface area contributed by atoms with Gasteiger partial charge in [-0.15, -0.1) is 0 Å². The van der Waals surface area contributed by atoms with Gasteiger partial charge in [0.25, 0.3) is 0 Å². The normalized spacial score (nSPS) is 12.6. The summed E-state index contributed by atoms with van der Waals surface area (Å²) in [6.45, 7) is 2.05. The van der Waals surface area contributed by atoms with Gasteiger partial charge in [0, 0.05) is 12.5 Å². The van der Waals surface area contributed by atoms with Crippen molar-refractivity contribution in [3.8, 4) is 11.5 Å². The third-order valence-corrected chi connectivity index (χ3v) is 2.66. The van der Waals surface area contributed by atoms with Crippen LogP contribution in [0.3, 0.4) is 0 Å². The largest absolute Gasteiger partial charge is 0.444 e. The maximum absolute atomic E-state index is 13.5. The quantitative estimate of drug-likeness (QED) is 0.883. The van der Waals surface area contributed by atoms with Crippen molar-refractivity contribution in [3.63, 3.8) is 0 Å². The molecule has 0 aliphatic heterocycles. The van der Waals surface area contributed by atoms with Gasteiger partial charge in [-0.3, -0.25) is 0 Å². The van der Waals surface area contributed by atoms with Crippen LogP contribution in [0.25, 0.3) is 11.5 Å². The van der Waals surface area contributed by atoms with E-state index in [-0.39, 0.29) is 5.82 Å². The van der Waals surface area contributed by atoms with Gasteiger partial charge in [-0.25, -0.2) is 9.37 Å². The summed E-state index contributed by atoms with van der Waals surface area (Å²) in [5, 5.41) is 3.12. The van der Waals surface area contributed by atoms with Crippen LogP contribution in [0.2, 0.25) is 0 Å². The fourth-order valence-corrected chi connectivity index (χ4v) is 1.57. The average molecular weight is 234 g/mol. The molecule has 17 heavy (non-hydrogen) atoms. The lowest BCUT2D eigenvalue weighted by atomic mass is 10.2. The van der Waals surface area contributed by atoms with E-state index in [2.05, 4.69) is 17.2 Å². The number of benzene rings is 1. The van der Waals surface area contributed by atoms with Gasteiger partial charge in [0.1, 0.15) is 12.1 Å². The third-order valence-electron chi connectivity index (χ3n) is 2.66. The molecule has 4 heteroatoms. The molecule has 1 aromatic heterocycles. The Kier molecular flexibility index (Phi) is 3.54. The van der Waals surface area contributed by atoms with Crippen LogP contribution in [0.4, 0.5) is 4.39 Å². The van der Waals surface area contributed by atoms with Gasteiger partial charge < -0.3 is 9.73 Å². The van der Waals surface area contributed by atoms with E-state index >= 15 is 0 Å². The van der Waals surface area contributed by atoms with Crippen molar-refractivity contribution in [2.45, 2.75) is 19.4 Å². The smallest absolute Gasteiger partial charge is 0.229 e. The summed E-state index contributed by atoms with van der Waals surface area (Å²) in [6.07, 6.45) is 2.34. The minimum atomic E-state index is -0.317. The van der Waals surface area contributed by atoms with Crippen molar-refractivity contribution in [3.05, 3.63) is 42.0 Å². The molecule has 1 aromatic carbocycles. The highest BCUT2D eigenvalue weighted by molar-refractivity contribution is 5.53. The second-order valence-corrected chi connectivity index (χ2v) is 4.02. The number of hydrogen-bond donors (Lipinski definition) is 1. The van der Waals surface area contributed by atoms with Crippen molar-refractivity contribution >= 4 is 0 Å². The molecular weight excluding hydrogens is 219 g/mol. The lowest BCUT2D eigenvalue weighted by Gasteiger charge is -2.05. The van der Waals surface area contributed by atoms with Crippen LogP contribution < -0.4 is 5.32 Å². The molecule has 1 unspecified atom stereocenters. The van der Waals surface area contributed by atoms with Gasteiger partial charge in [-0.05, 0) is 26.1 Å². The average Bonchev–Trinajstić information content (AvgIpc) is 2.78. The first kappa shape index (κ1) is 11.8. The number of rotatable bonds is 4. The first-order valence-electron chi connectivity index (χ1n) is 5.57. The van der Waals surface area contributed by atoms with Crippen LogP contribution in [0.15, 0.2) is 34.9 Å². The second-order valence-electron chi connectivity index (χ2n) is 4.02. The van der Waals surface area contributed by atoms with Crippen molar-refractivity contribution in [2.24, 2.45) is 0 Å². The Labute approximate surface area is 99.7 Å². The Hall–Kier alpha value is -1.68. The minimum absolute atomic E-state index is 0.313. The molecular formula is C13H15FN2O. The molecule has 90 valence electrons. The summed E-state index contributed by atoms with van der Waals surface area (Å²) in [7, 11) is 1.89. The standard InChI is InChI=1S/C13H15FN2O/c1-9(15-2)7-10-8-17-13(16-10)11-5-3-4-6-12(11)14/h3-6,8-9,15H,7H2,1-2H3. The summed E-state index contributed by atoms with van der Waals surface area (Å²) >= 11 is 0. The molecule has 1 N–H and O–H groups in total. The third kappa shape index (κ3) is 2.71. The molecule has 1 heterocycles. The highest BCUT2D eigenvalue weighted by atomic mass is 19.1. The Balaban J connectivity index is 2.21. The van der Waals surface area contributed by atoms with Gasteiger partial charge in [0.05, 0.1) is 11.3 Å². The minimum Gasteiger partial charge on any atom is -0.444 e. The van der Waals surface area contributed by atoms with E-state index in [4.69, 9.17) is 4.42 Å². The molecule has 2 aromatic rings. The van der Waals surface area contributed by atoms with Crippen molar-refractivity contribution in [1.82, 2.24) is 10.3 Å². The van der Waals surface area contributed by atoms with Crippen LogP contribution in [-0.4, -0.2) is 18.1 Å². The number of aromatic nitrogens is 1. The fraction of sp³-hybridized carbons (Fsp3) is 0.308. The van der Waals surface area contributed by atoms with Crippen molar-refractivity contribution < 1.29 is 8.81 Å². The van der Waals surface area contributed by atoms with Crippen LogP contribution in [0.1, 0.15) is 12.6 Å². The fourth-order valence-electron chi connectivity index (χ4n) is 1.57. The highest BCUT2D eigenvalue weighted by Crippen LogP contribution is 2.21. The topological polar surface area (TPSA) is 38.1 Å². The van der Waals surface area contributed by atoms with Gasteiger partial charge in [-0.2, -0.15) is 0 Å². The van der Waals surface area contributed by atoms with Crippen LogP contribution in [0, 0.1) is 5.82 Å². The molecule has 1 atom stereocenters. The van der Waals surface area contributed by atoms with E-state index in [0.29, 0.717) is 17.5 Å². The van der Waals surface area contributed by atoms with Gasteiger partial charge >= 0.3 is 0 Å². The van der Waals surface area contributed by atoms with E-state index in [9.17, 15) is 4.39 Å². The predicted octanol–water partition coefficient (Wildman–Crippen LogP) is 2.63. The molecule has 0 spiro atoms. The van der Waals surface area contributed by atoms with E-state index < -0.39 is 0 Å². The SMILES string of the molecule is CNC(C)Cc1coc(-c2ccccc2F)n1. The lowest BCUT2D eigenvalue weighted by Crippen LogP contribution is -2.23. The van der Waals surface area contributed by atoms with Crippen molar-refractivity contribution in [1.29, 1.82) is 0 Å². The number of nitrogens with one attached hydrogen (secondary N) is 1. The maximum atomic E-state index is 13.5. The zero-order valence-electron chi connectivity index (χ0n) is 9.90. The summed E-state index contributed by atoms with van der Waals surface area (Å²) in [5.74, 6) is 0.0176. The van der Waals surface area contributed by atoms with Gasteiger partial charge in [0.2, 0.25) is 5.89 Å².